The van der Waals surface area contributed by atoms with Crippen molar-refractivity contribution < 1.29 is 4.79 Å². The van der Waals surface area contributed by atoms with Gasteiger partial charge in [0.05, 0.1) is 6.54 Å². The minimum atomic E-state index is 0.0380. The number of rotatable bonds is 6. The summed E-state index contributed by atoms with van der Waals surface area (Å²) < 4.78 is 0. The molecule has 19 heavy (non-hydrogen) atoms. The number of carbonyl (C=O) groups is 1. The number of nitrogen functional groups attached to an aromatic ring is 1. The van der Waals surface area contributed by atoms with Gasteiger partial charge in [-0.25, -0.2) is 9.97 Å². The van der Waals surface area contributed by atoms with Gasteiger partial charge in [-0.05, 0) is 13.3 Å². The summed E-state index contributed by atoms with van der Waals surface area (Å²) in [4.78, 5) is 23.9. The standard InChI is InChI=1S/C13H23N5O/c1-5-7-11-15-10(14)8-12(16-11)18(6-2)9-13(19)17(3)4/h8H,5-7,9H2,1-4H3,(H2,14,15,16). The fourth-order valence-electron chi connectivity index (χ4n) is 1.66. The number of likely N-dealkylation sites (N-methyl/N-ethyl adjacent to an activating group) is 2. The van der Waals surface area contributed by atoms with Crippen molar-refractivity contribution in [3.63, 3.8) is 0 Å². The van der Waals surface area contributed by atoms with E-state index >= 15 is 0 Å². The molecule has 1 amide bonds. The predicted molar refractivity (Wildman–Crippen MR) is 77.0 cm³/mol. The van der Waals surface area contributed by atoms with Gasteiger partial charge in [-0.1, -0.05) is 6.92 Å². The molecule has 0 fully saturated rings. The number of nitrogens with two attached hydrogens (primary N) is 1. The molecule has 0 saturated carbocycles. The molecule has 0 saturated heterocycles. The van der Waals surface area contributed by atoms with Crippen LogP contribution < -0.4 is 10.6 Å². The normalized spacial score (nSPS) is 10.3. The zero-order chi connectivity index (χ0) is 14.4. The first-order chi connectivity index (χ1) is 8.97. The molecule has 0 radical (unpaired) electrons. The summed E-state index contributed by atoms with van der Waals surface area (Å²) >= 11 is 0. The van der Waals surface area contributed by atoms with Crippen molar-refractivity contribution in [3.8, 4) is 0 Å². The van der Waals surface area contributed by atoms with Crippen LogP contribution in [0, 0.1) is 0 Å². The molecule has 0 aliphatic carbocycles. The van der Waals surface area contributed by atoms with Crippen molar-refractivity contribution in [2.45, 2.75) is 26.7 Å². The summed E-state index contributed by atoms with van der Waals surface area (Å²) in [5.41, 5.74) is 5.80. The first kappa shape index (κ1) is 15.2. The van der Waals surface area contributed by atoms with E-state index in [1.807, 2.05) is 11.8 Å². The third-order valence-electron chi connectivity index (χ3n) is 2.78. The van der Waals surface area contributed by atoms with Crippen molar-refractivity contribution in [2.75, 3.05) is 37.8 Å². The number of hydrogen-bond donors (Lipinski definition) is 1. The molecule has 0 aliphatic rings. The number of hydrogen-bond acceptors (Lipinski definition) is 5. The van der Waals surface area contributed by atoms with Crippen molar-refractivity contribution in [1.29, 1.82) is 0 Å². The average molecular weight is 265 g/mol. The van der Waals surface area contributed by atoms with E-state index in [2.05, 4.69) is 16.9 Å². The Hall–Kier alpha value is -1.85. The third-order valence-corrected chi connectivity index (χ3v) is 2.78. The van der Waals surface area contributed by atoms with Crippen LogP contribution in [0.3, 0.4) is 0 Å². The van der Waals surface area contributed by atoms with Gasteiger partial charge < -0.3 is 15.5 Å². The molecule has 0 aliphatic heterocycles. The Kier molecular flexibility index (Phi) is 5.54. The molecule has 1 aromatic heterocycles. The molecular weight excluding hydrogens is 242 g/mol. The van der Waals surface area contributed by atoms with Crippen LogP contribution >= 0.6 is 0 Å². The van der Waals surface area contributed by atoms with E-state index in [0.29, 0.717) is 24.7 Å². The number of anilines is 2. The summed E-state index contributed by atoms with van der Waals surface area (Å²) in [6.07, 6.45) is 1.75. The highest BCUT2D eigenvalue weighted by molar-refractivity contribution is 5.80. The Morgan fingerprint density at radius 1 is 1.32 bits per heavy atom. The van der Waals surface area contributed by atoms with E-state index in [-0.39, 0.29) is 5.91 Å². The molecular formula is C13H23N5O. The van der Waals surface area contributed by atoms with Crippen molar-refractivity contribution in [3.05, 3.63) is 11.9 Å². The molecule has 0 aromatic carbocycles. The quantitative estimate of drug-likeness (QED) is 0.828. The maximum Gasteiger partial charge on any atom is 0.241 e. The number of amides is 1. The van der Waals surface area contributed by atoms with Crippen LogP contribution in [0.25, 0.3) is 0 Å². The molecule has 6 heteroatoms. The SMILES string of the molecule is CCCc1nc(N)cc(N(CC)CC(=O)N(C)C)n1. The molecule has 0 spiro atoms. The van der Waals surface area contributed by atoms with Crippen molar-refractivity contribution in [2.24, 2.45) is 0 Å². The van der Waals surface area contributed by atoms with Crippen molar-refractivity contribution in [1.82, 2.24) is 14.9 Å². The molecule has 0 bridgehead atoms. The second-order valence-corrected chi connectivity index (χ2v) is 4.62. The van der Waals surface area contributed by atoms with E-state index in [4.69, 9.17) is 5.73 Å². The van der Waals surface area contributed by atoms with E-state index in [1.54, 1.807) is 25.1 Å². The minimum Gasteiger partial charge on any atom is -0.384 e. The lowest BCUT2D eigenvalue weighted by atomic mass is 10.3. The minimum absolute atomic E-state index is 0.0380. The van der Waals surface area contributed by atoms with Crippen LogP contribution in [-0.2, 0) is 11.2 Å². The second-order valence-electron chi connectivity index (χ2n) is 4.62. The van der Waals surface area contributed by atoms with E-state index in [0.717, 1.165) is 18.7 Å². The molecule has 0 unspecified atom stereocenters. The lowest BCUT2D eigenvalue weighted by molar-refractivity contribution is -0.127. The highest BCUT2D eigenvalue weighted by Crippen LogP contribution is 2.14. The predicted octanol–water partition coefficient (Wildman–Crippen LogP) is 0.926. The average Bonchev–Trinajstić information content (AvgIpc) is 2.35. The van der Waals surface area contributed by atoms with E-state index in [1.165, 1.54) is 0 Å². The number of aromatic nitrogens is 2. The molecule has 6 nitrogen and oxygen atoms in total. The van der Waals surface area contributed by atoms with Gasteiger partial charge in [0.2, 0.25) is 5.91 Å². The highest BCUT2D eigenvalue weighted by atomic mass is 16.2. The van der Waals surface area contributed by atoms with Crippen LogP contribution in [0.2, 0.25) is 0 Å². The van der Waals surface area contributed by atoms with Gasteiger partial charge in [0.25, 0.3) is 0 Å². The molecule has 2 N–H and O–H groups in total. The maximum absolute atomic E-state index is 11.8. The lowest BCUT2D eigenvalue weighted by Gasteiger charge is -2.23. The Morgan fingerprint density at radius 2 is 2.00 bits per heavy atom. The first-order valence-corrected chi connectivity index (χ1v) is 6.56. The van der Waals surface area contributed by atoms with Gasteiger partial charge in [0.1, 0.15) is 17.5 Å². The largest absolute Gasteiger partial charge is 0.384 e. The zero-order valence-electron chi connectivity index (χ0n) is 12.2. The van der Waals surface area contributed by atoms with Gasteiger partial charge in [-0.15, -0.1) is 0 Å². The van der Waals surface area contributed by atoms with Gasteiger partial charge in [-0.3, -0.25) is 4.79 Å². The van der Waals surface area contributed by atoms with Crippen LogP contribution in [0.5, 0.6) is 0 Å². The zero-order valence-corrected chi connectivity index (χ0v) is 12.2. The Labute approximate surface area is 114 Å². The van der Waals surface area contributed by atoms with Gasteiger partial charge in [0.15, 0.2) is 0 Å². The van der Waals surface area contributed by atoms with Gasteiger partial charge in [-0.2, -0.15) is 0 Å². The Balaban J connectivity index is 2.94. The lowest BCUT2D eigenvalue weighted by Crippen LogP contribution is -2.37. The van der Waals surface area contributed by atoms with Crippen LogP contribution in [0.4, 0.5) is 11.6 Å². The van der Waals surface area contributed by atoms with E-state index in [9.17, 15) is 4.79 Å². The summed E-state index contributed by atoms with van der Waals surface area (Å²) in [6, 6.07) is 1.71. The van der Waals surface area contributed by atoms with Gasteiger partial charge in [0, 0.05) is 33.1 Å². The highest BCUT2D eigenvalue weighted by Gasteiger charge is 2.14. The number of carbonyl (C=O) groups excluding carboxylic acids is 1. The molecule has 1 aromatic rings. The van der Waals surface area contributed by atoms with Gasteiger partial charge >= 0.3 is 0 Å². The fourth-order valence-corrected chi connectivity index (χ4v) is 1.66. The summed E-state index contributed by atoms with van der Waals surface area (Å²) in [5, 5.41) is 0. The van der Waals surface area contributed by atoms with Crippen LogP contribution in [0.15, 0.2) is 6.07 Å². The topological polar surface area (TPSA) is 75.3 Å². The van der Waals surface area contributed by atoms with Crippen molar-refractivity contribution >= 4 is 17.5 Å². The molecule has 1 rings (SSSR count). The van der Waals surface area contributed by atoms with Crippen LogP contribution in [0.1, 0.15) is 26.1 Å². The van der Waals surface area contributed by atoms with Crippen LogP contribution in [-0.4, -0.2) is 48.0 Å². The van der Waals surface area contributed by atoms with E-state index < -0.39 is 0 Å². The number of nitrogens with zero attached hydrogens (tertiary/aromatic N) is 4. The monoisotopic (exact) mass is 265 g/mol. The summed E-state index contributed by atoms with van der Waals surface area (Å²) in [5.74, 6) is 1.93. The second kappa shape index (κ2) is 6.92. The number of aryl methyl sites for hydroxylation is 1. The molecule has 106 valence electrons. The third kappa shape index (κ3) is 4.39. The summed E-state index contributed by atoms with van der Waals surface area (Å²) in [6.45, 7) is 5.05. The Bertz CT molecular complexity index is 433. The maximum atomic E-state index is 11.8. The molecule has 1 heterocycles. The smallest absolute Gasteiger partial charge is 0.241 e. The molecule has 0 atom stereocenters. The Morgan fingerprint density at radius 3 is 2.53 bits per heavy atom. The first-order valence-electron chi connectivity index (χ1n) is 6.56. The fraction of sp³-hybridized carbons (Fsp3) is 0.615. The summed E-state index contributed by atoms with van der Waals surface area (Å²) in [7, 11) is 3.49.